The molecular weight excluding hydrogens is 455 g/mol. The van der Waals surface area contributed by atoms with Gasteiger partial charge in [0, 0.05) is 10.0 Å². The molecule has 0 aliphatic carbocycles. The molecule has 0 aliphatic heterocycles. The number of halogens is 2. The van der Waals surface area contributed by atoms with Crippen molar-refractivity contribution in [3.05, 3.63) is 79.5 Å². The third-order valence-corrected chi connectivity index (χ3v) is 8.28. The van der Waals surface area contributed by atoms with Gasteiger partial charge in [0.05, 0.1) is 0 Å². The van der Waals surface area contributed by atoms with Gasteiger partial charge in [-0.25, -0.2) is 16.8 Å². The largest absolute Gasteiger partial charge is 0.222 e. The van der Waals surface area contributed by atoms with E-state index in [1.165, 1.54) is 60.7 Å². The number of rotatable bonds is 6. The highest BCUT2D eigenvalue weighted by Crippen LogP contribution is 2.21. The van der Waals surface area contributed by atoms with E-state index in [2.05, 4.69) is 0 Å². The molecule has 0 heterocycles. The van der Waals surface area contributed by atoms with Gasteiger partial charge in [0.1, 0.15) is 21.9 Å². The van der Waals surface area contributed by atoms with Gasteiger partial charge in [-0.05, 0) is 47.5 Å². The number of hydrogen-bond acceptors (Lipinski definition) is 6. The Bertz CT molecular complexity index is 1160. The zero-order valence-electron chi connectivity index (χ0n) is 14.6. The Balaban J connectivity index is 2.39. The van der Waals surface area contributed by atoms with Crippen LogP contribution in [0.1, 0.15) is 11.1 Å². The number of sulfone groups is 2. The molecule has 0 aromatic heterocycles. The minimum atomic E-state index is -4.53. The summed E-state index contributed by atoms with van der Waals surface area (Å²) in [6, 6.07) is 14.9. The van der Waals surface area contributed by atoms with Gasteiger partial charge in [0.15, 0.2) is 5.08 Å². The second-order valence-corrected chi connectivity index (χ2v) is 10.8. The highest BCUT2D eigenvalue weighted by atomic mass is 35.5. The van der Waals surface area contributed by atoms with Crippen molar-refractivity contribution in [2.45, 2.75) is 0 Å². The summed E-state index contributed by atoms with van der Waals surface area (Å²) in [6.07, 6.45) is 2.08. The molecule has 0 atom stereocenters. The first-order valence-corrected chi connectivity index (χ1v) is 11.8. The van der Waals surface area contributed by atoms with Gasteiger partial charge >= 0.3 is 0 Å². The molecule has 0 saturated carbocycles. The molecule has 6 nitrogen and oxygen atoms in total. The van der Waals surface area contributed by atoms with Crippen molar-refractivity contribution in [1.82, 2.24) is 0 Å². The predicted molar refractivity (Wildman–Crippen MR) is 113 cm³/mol. The van der Waals surface area contributed by atoms with E-state index in [1.807, 2.05) is 0 Å². The molecule has 2 aromatic rings. The van der Waals surface area contributed by atoms with Crippen LogP contribution in [0.2, 0.25) is 10.0 Å². The van der Waals surface area contributed by atoms with Crippen LogP contribution in [0.4, 0.5) is 0 Å². The Labute approximate surface area is 178 Å². The van der Waals surface area contributed by atoms with E-state index in [9.17, 15) is 27.4 Å². The van der Waals surface area contributed by atoms with E-state index in [1.54, 1.807) is 0 Å². The average Bonchev–Trinajstić information content (AvgIpc) is 2.65. The summed E-state index contributed by atoms with van der Waals surface area (Å²) in [5.41, 5.74) is 0.702. The Hall–Kier alpha value is -2.62. The van der Waals surface area contributed by atoms with Crippen molar-refractivity contribution >= 4 is 55.0 Å². The molecule has 0 spiro atoms. The zero-order valence-corrected chi connectivity index (χ0v) is 17.7. The van der Waals surface area contributed by atoms with Crippen LogP contribution in [-0.4, -0.2) is 21.9 Å². The topological polar surface area (TPSA) is 116 Å². The number of allylic oxidation sites excluding steroid dienone is 2. The molecule has 0 radical (unpaired) electrons. The summed E-state index contributed by atoms with van der Waals surface area (Å²) in [7, 11) is -9.05. The molecule has 0 saturated heterocycles. The van der Waals surface area contributed by atoms with Crippen molar-refractivity contribution in [3.63, 3.8) is 0 Å². The van der Waals surface area contributed by atoms with E-state index >= 15 is 0 Å². The van der Waals surface area contributed by atoms with Crippen molar-refractivity contribution < 1.29 is 16.8 Å². The summed E-state index contributed by atoms with van der Waals surface area (Å²) >= 11 is 11.5. The number of nitrogens with zero attached hydrogens (tertiary/aromatic N) is 2. The second-order valence-electron chi connectivity index (χ2n) is 5.69. The smallest absolute Gasteiger partial charge is 0.203 e. The van der Waals surface area contributed by atoms with Gasteiger partial charge in [-0.2, -0.15) is 10.5 Å². The monoisotopic (exact) mass is 466 g/mol. The van der Waals surface area contributed by atoms with Crippen LogP contribution < -0.4 is 0 Å². The number of hydrogen-bond donors (Lipinski definition) is 0. The van der Waals surface area contributed by atoms with Gasteiger partial charge in [-0.15, -0.1) is 0 Å². The van der Waals surface area contributed by atoms with E-state index in [4.69, 9.17) is 23.2 Å². The fraction of sp³-hybridized carbons (Fsp3) is 0.0526. The fourth-order valence-corrected chi connectivity index (χ4v) is 5.95. The highest BCUT2D eigenvalue weighted by molar-refractivity contribution is 8.11. The standard InChI is InChI=1S/C19H12Cl2N2O4S2/c20-16-5-1-14(2-6-16)9-18(11-22)28(24,25)13-29(26,27)19(12-23)10-15-3-7-17(21)8-4-15/h1-10H,13H2/b18-9+,19-10+. The second kappa shape index (κ2) is 9.25. The van der Waals surface area contributed by atoms with Crippen LogP contribution >= 0.6 is 23.2 Å². The fourth-order valence-electron chi connectivity index (χ4n) is 2.14. The van der Waals surface area contributed by atoms with Crippen LogP contribution in [0.25, 0.3) is 12.2 Å². The molecule has 29 heavy (non-hydrogen) atoms. The molecule has 0 N–H and O–H groups in total. The predicted octanol–water partition coefficient (Wildman–Crippen LogP) is 4.21. The Morgan fingerprint density at radius 1 is 0.724 bits per heavy atom. The molecule has 148 valence electrons. The SMILES string of the molecule is N#C/C(=C\c1ccc(Cl)cc1)S(=O)(=O)CS(=O)(=O)/C(C#N)=C/c1ccc(Cl)cc1. The zero-order chi connectivity index (χ0) is 21.7. The first-order valence-electron chi connectivity index (χ1n) is 7.77. The first-order chi connectivity index (χ1) is 13.6. The quantitative estimate of drug-likeness (QED) is 0.588. The molecule has 0 unspecified atom stereocenters. The van der Waals surface area contributed by atoms with Crippen LogP contribution in [0, 0.1) is 22.7 Å². The van der Waals surface area contributed by atoms with Crippen molar-refractivity contribution in [3.8, 4) is 12.1 Å². The van der Waals surface area contributed by atoms with Gasteiger partial charge in [0.25, 0.3) is 0 Å². The van der Waals surface area contributed by atoms with E-state index < -0.39 is 34.6 Å². The molecular formula is C19H12Cl2N2O4S2. The van der Waals surface area contributed by atoms with Crippen LogP contribution in [-0.2, 0) is 19.7 Å². The van der Waals surface area contributed by atoms with Crippen LogP contribution in [0.3, 0.4) is 0 Å². The first kappa shape index (κ1) is 22.7. The molecule has 0 aliphatic rings. The molecule has 0 fully saturated rings. The molecule has 0 amide bonds. The lowest BCUT2D eigenvalue weighted by molar-refractivity contribution is 0.596. The maximum Gasteiger partial charge on any atom is 0.203 e. The van der Waals surface area contributed by atoms with Gasteiger partial charge in [-0.1, -0.05) is 47.5 Å². The Kier molecular flexibility index (Phi) is 7.23. The molecule has 2 aromatic carbocycles. The van der Waals surface area contributed by atoms with E-state index in [0.29, 0.717) is 21.2 Å². The molecule has 10 heteroatoms. The van der Waals surface area contributed by atoms with Gasteiger partial charge in [0.2, 0.25) is 19.7 Å². The van der Waals surface area contributed by atoms with E-state index in [-0.39, 0.29) is 0 Å². The minimum absolute atomic E-state index is 0.351. The summed E-state index contributed by atoms with van der Waals surface area (Å²) in [5, 5.41) is 17.9. The summed E-state index contributed by atoms with van der Waals surface area (Å²) in [5.74, 6) is 0. The van der Waals surface area contributed by atoms with Gasteiger partial charge < -0.3 is 0 Å². The molecule has 0 bridgehead atoms. The Morgan fingerprint density at radius 2 is 1.03 bits per heavy atom. The summed E-state index contributed by atoms with van der Waals surface area (Å²) < 4.78 is 50.1. The normalized spacial score (nSPS) is 12.8. The number of nitriles is 2. The lowest BCUT2D eigenvalue weighted by atomic mass is 10.2. The summed E-state index contributed by atoms with van der Waals surface area (Å²) in [6.45, 7) is 0. The highest BCUT2D eigenvalue weighted by Gasteiger charge is 2.29. The van der Waals surface area contributed by atoms with Crippen molar-refractivity contribution in [2.24, 2.45) is 0 Å². The maximum absolute atomic E-state index is 12.5. The van der Waals surface area contributed by atoms with Crippen molar-refractivity contribution in [1.29, 1.82) is 10.5 Å². The van der Waals surface area contributed by atoms with Crippen LogP contribution in [0.5, 0.6) is 0 Å². The lowest BCUT2D eigenvalue weighted by Gasteiger charge is -2.05. The molecule has 2 rings (SSSR count). The van der Waals surface area contributed by atoms with Gasteiger partial charge in [-0.3, -0.25) is 0 Å². The average molecular weight is 467 g/mol. The summed E-state index contributed by atoms with van der Waals surface area (Å²) in [4.78, 5) is -1.49. The minimum Gasteiger partial charge on any atom is -0.222 e. The maximum atomic E-state index is 12.5. The van der Waals surface area contributed by atoms with Crippen molar-refractivity contribution in [2.75, 3.05) is 5.08 Å². The van der Waals surface area contributed by atoms with E-state index in [0.717, 1.165) is 12.2 Å². The third-order valence-electron chi connectivity index (χ3n) is 3.54. The lowest BCUT2D eigenvalue weighted by Crippen LogP contribution is -2.18. The number of benzene rings is 2. The third kappa shape index (κ3) is 6.18. The Morgan fingerprint density at radius 3 is 1.31 bits per heavy atom. The van der Waals surface area contributed by atoms with Crippen LogP contribution in [0.15, 0.2) is 58.3 Å².